The van der Waals surface area contributed by atoms with E-state index >= 15 is 0 Å². The van der Waals surface area contributed by atoms with Crippen molar-refractivity contribution in [1.29, 1.82) is 0 Å². The monoisotopic (exact) mass is 267 g/mol. The Kier molecular flexibility index (Phi) is 3.86. The summed E-state index contributed by atoms with van der Waals surface area (Å²) in [5.74, 6) is 2.39. The zero-order valence-electron chi connectivity index (χ0n) is 10.5. The summed E-state index contributed by atoms with van der Waals surface area (Å²) >= 11 is 0. The van der Waals surface area contributed by atoms with Gasteiger partial charge < -0.3 is 15.0 Å². The number of fused-ring (bicyclic) bond motifs is 1. The van der Waals surface area contributed by atoms with Crippen LogP contribution >= 0.6 is 0 Å². The van der Waals surface area contributed by atoms with Gasteiger partial charge in [-0.05, 0) is 12.1 Å². The van der Waals surface area contributed by atoms with Crippen LogP contribution in [-0.2, 0) is 17.3 Å². The molecule has 1 heterocycles. The highest BCUT2D eigenvalue weighted by molar-refractivity contribution is 7.84. The van der Waals surface area contributed by atoms with E-state index in [4.69, 9.17) is 10.5 Å². The lowest BCUT2D eigenvalue weighted by atomic mass is 10.3. The molecule has 0 bridgehead atoms. The van der Waals surface area contributed by atoms with Crippen molar-refractivity contribution in [3.63, 3.8) is 0 Å². The number of nitrogens with two attached hydrogens (primary N) is 1. The van der Waals surface area contributed by atoms with Crippen LogP contribution < -0.4 is 10.5 Å². The van der Waals surface area contributed by atoms with E-state index in [-0.39, 0.29) is 0 Å². The summed E-state index contributed by atoms with van der Waals surface area (Å²) in [5.41, 5.74) is 7.57. The minimum atomic E-state index is -0.805. The molecule has 0 saturated carbocycles. The maximum atomic E-state index is 11.5. The van der Waals surface area contributed by atoms with Crippen molar-refractivity contribution in [3.8, 4) is 5.75 Å². The lowest BCUT2D eigenvalue weighted by Crippen LogP contribution is -2.11. The standard InChI is InChI=1S/C12H17N3O2S/c1-3-18(16)8-7-15-9-5-4-6-10(17-2)11(9)14-12(15)13/h4-6H,3,7-8H2,1-2H3,(H2,13,14). The Morgan fingerprint density at radius 3 is 2.94 bits per heavy atom. The van der Waals surface area contributed by atoms with Crippen molar-refractivity contribution < 1.29 is 8.95 Å². The van der Waals surface area contributed by atoms with Crippen LogP contribution in [-0.4, -0.2) is 32.4 Å². The predicted octanol–water partition coefficient (Wildman–Crippen LogP) is 1.40. The third-order valence-corrected chi connectivity index (χ3v) is 4.14. The summed E-state index contributed by atoms with van der Waals surface area (Å²) in [5, 5.41) is 0. The highest BCUT2D eigenvalue weighted by Crippen LogP contribution is 2.26. The van der Waals surface area contributed by atoms with Gasteiger partial charge in [0.25, 0.3) is 0 Å². The summed E-state index contributed by atoms with van der Waals surface area (Å²) in [6, 6.07) is 5.69. The first kappa shape index (κ1) is 12.9. The number of aryl methyl sites for hydroxylation is 1. The predicted molar refractivity (Wildman–Crippen MR) is 74.2 cm³/mol. The van der Waals surface area contributed by atoms with E-state index in [0.717, 1.165) is 11.0 Å². The SMILES string of the molecule is CCS(=O)CCn1c(N)nc2c(OC)cccc21. The summed E-state index contributed by atoms with van der Waals surface area (Å²) in [6.45, 7) is 2.52. The summed E-state index contributed by atoms with van der Waals surface area (Å²) in [7, 11) is 0.802. The van der Waals surface area contributed by atoms with E-state index in [1.165, 1.54) is 0 Å². The number of imidazole rings is 1. The third-order valence-electron chi connectivity index (χ3n) is 2.86. The first-order valence-electron chi connectivity index (χ1n) is 5.81. The number of hydrogen-bond acceptors (Lipinski definition) is 4. The van der Waals surface area contributed by atoms with Crippen LogP contribution in [0.1, 0.15) is 6.92 Å². The molecule has 98 valence electrons. The van der Waals surface area contributed by atoms with E-state index in [2.05, 4.69) is 4.98 Å². The Hall–Kier alpha value is -1.56. The fraction of sp³-hybridized carbons (Fsp3) is 0.417. The van der Waals surface area contributed by atoms with Crippen LogP contribution in [0.25, 0.3) is 11.0 Å². The zero-order chi connectivity index (χ0) is 13.1. The second kappa shape index (κ2) is 5.39. The van der Waals surface area contributed by atoms with Gasteiger partial charge in [0.05, 0.1) is 12.6 Å². The summed E-state index contributed by atoms with van der Waals surface area (Å²) in [6.07, 6.45) is 0. The lowest BCUT2D eigenvalue weighted by molar-refractivity contribution is 0.419. The maximum absolute atomic E-state index is 11.5. The Morgan fingerprint density at radius 1 is 1.50 bits per heavy atom. The summed E-state index contributed by atoms with van der Waals surface area (Å²) < 4.78 is 18.6. The molecule has 0 aliphatic heterocycles. The van der Waals surface area contributed by atoms with Gasteiger partial charge in [0.15, 0.2) is 0 Å². The van der Waals surface area contributed by atoms with Gasteiger partial charge in [-0.15, -0.1) is 0 Å². The van der Waals surface area contributed by atoms with Gasteiger partial charge in [0.1, 0.15) is 11.3 Å². The molecule has 1 unspecified atom stereocenters. The molecule has 0 radical (unpaired) electrons. The van der Waals surface area contributed by atoms with E-state index in [9.17, 15) is 4.21 Å². The molecular weight excluding hydrogens is 250 g/mol. The molecule has 0 spiro atoms. The number of anilines is 1. The molecule has 0 aliphatic rings. The average molecular weight is 267 g/mol. The Morgan fingerprint density at radius 2 is 2.28 bits per heavy atom. The van der Waals surface area contributed by atoms with Crippen molar-refractivity contribution in [3.05, 3.63) is 18.2 Å². The van der Waals surface area contributed by atoms with Crippen molar-refractivity contribution in [2.45, 2.75) is 13.5 Å². The maximum Gasteiger partial charge on any atom is 0.201 e. The van der Waals surface area contributed by atoms with Crippen molar-refractivity contribution >= 4 is 27.8 Å². The molecule has 0 saturated heterocycles. The molecule has 1 aromatic carbocycles. The molecule has 0 amide bonds. The molecule has 2 aromatic rings. The van der Waals surface area contributed by atoms with Gasteiger partial charge in [0.2, 0.25) is 5.95 Å². The Labute approximate surface area is 108 Å². The van der Waals surface area contributed by atoms with Crippen molar-refractivity contribution in [1.82, 2.24) is 9.55 Å². The largest absolute Gasteiger partial charge is 0.494 e. The van der Waals surface area contributed by atoms with Crippen LogP contribution in [0.3, 0.4) is 0 Å². The summed E-state index contributed by atoms with van der Waals surface area (Å²) in [4.78, 5) is 4.30. The van der Waals surface area contributed by atoms with Crippen LogP contribution in [0.4, 0.5) is 5.95 Å². The Bertz CT molecular complexity index is 580. The number of nitrogen functional groups attached to an aromatic ring is 1. The third kappa shape index (κ3) is 2.33. The number of aromatic nitrogens is 2. The molecule has 0 aliphatic carbocycles. The second-order valence-corrected chi connectivity index (χ2v) is 5.75. The van der Waals surface area contributed by atoms with Crippen LogP contribution in [0, 0.1) is 0 Å². The normalized spacial score (nSPS) is 12.8. The molecule has 5 nitrogen and oxygen atoms in total. The highest BCUT2D eigenvalue weighted by Gasteiger charge is 2.12. The van der Waals surface area contributed by atoms with Gasteiger partial charge in [-0.2, -0.15) is 0 Å². The number of hydrogen-bond donors (Lipinski definition) is 1. The first-order valence-corrected chi connectivity index (χ1v) is 7.29. The minimum Gasteiger partial charge on any atom is -0.494 e. The lowest BCUT2D eigenvalue weighted by Gasteiger charge is -2.06. The molecule has 0 fully saturated rings. The molecule has 2 rings (SSSR count). The minimum absolute atomic E-state index is 0.433. The fourth-order valence-corrected chi connectivity index (χ4v) is 2.55. The molecule has 2 N–H and O–H groups in total. The molecule has 1 aromatic heterocycles. The number of nitrogens with zero attached hydrogens (tertiary/aromatic N) is 2. The molecule has 6 heteroatoms. The second-order valence-electron chi connectivity index (χ2n) is 3.88. The van der Waals surface area contributed by atoms with Crippen LogP contribution in [0.2, 0.25) is 0 Å². The van der Waals surface area contributed by atoms with Crippen molar-refractivity contribution in [2.75, 3.05) is 24.3 Å². The van der Waals surface area contributed by atoms with Gasteiger partial charge in [0, 0.05) is 28.9 Å². The number of rotatable bonds is 5. The van der Waals surface area contributed by atoms with E-state index in [1.807, 2.05) is 29.7 Å². The van der Waals surface area contributed by atoms with E-state index in [0.29, 0.717) is 29.7 Å². The van der Waals surface area contributed by atoms with Gasteiger partial charge in [-0.3, -0.25) is 4.21 Å². The number of para-hydroxylation sites is 1. The highest BCUT2D eigenvalue weighted by atomic mass is 32.2. The molecular formula is C12H17N3O2S. The zero-order valence-corrected chi connectivity index (χ0v) is 11.4. The quantitative estimate of drug-likeness (QED) is 0.889. The van der Waals surface area contributed by atoms with Crippen LogP contribution in [0.5, 0.6) is 5.75 Å². The first-order chi connectivity index (χ1) is 8.67. The van der Waals surface area contributed by atoms with Crippen molar-refractivity contribution in [2.24, 2.45) is 0 Å². The van der Waals surface area contributed by atoms with Gasteiger partial charge in [-0.1, -0.05) is 13.0 Å². The van der Waals surface area contributed by atoms with E-state index < -0.39 is 10.8 Å². The number of benzene rings is 1. The van der Waals surface area contributed by atoms with Gasteiger partial charge in [-0.25, -0.2) is 4.98 Å². The molecule has 18 heavy (non-hydrogen) atoms. The van der Waals surface area contributed by atoms with Gasteiger partial charge >= 0.3 is 0 Å². The molecule has 1 atom stereocenters. The fourth-order valence-electron chi connectivity index (χ4n) is 1.88. The Balaban J connectivity index is 2.38. The van der Waals surface area contributed by atoms with Crippen LogP contribution in [0.15, 0.2) is 18.2 Å². The van der Waals surface area contributed by atoms with E-state index in [1.54, 1.807) is 7.11 Å². The smallest absolute Gasteiger partial charge is 0.201 e. The average Bonchev–Trinajstić information content (AvgIpc) is 2.71. The number of methoxy groups -OCH3 is 1. The topological polar surface area (TPSA) is 70.1 Å². The number of ether oxygens (including phenoxy) is 1.